The molecule has 25 heavy (non-hydrogen) atoms. The molecule has 0 aromatic carbocycles. The maximum atomic E-state index is 12.4. The Morgan fingerprint density at radius 2 is 2.24 bits per heavy atom. The summed E-state index contributed by atoms with van der Waals surface area (Å²) in [6.45, 7) is 8.55. The van der Waals surface area contributed by atoms with Gasteiger partial charge in [-0.3, -0.25) is 14.5 Å². The number of aromatic nitrogens is 2. The van der Waals surface area contributed by atoms with Crippen molar-refractivity contribution in [3.05, 3.63) is 27.7 Å². The minimum absolute atomic E-state index is 0.0161. The second-order valence-electron chi connectivity index (χ2n) is 7.27. The molecule has 1 aromatic rings. The molecule has 1 saturated heterocycles. The van der Waals surface area contributed by atoms with Gasteiger partial charge >= 0.3 is 0 Å². The Bertz CT molecular complexity index is 679. The topological polar surface area (TPSA) is 76.5 Å². The molecule has 0 saturated carbocycles. The Morgan fingerprint density at radius 1 is 1.44 bits per heavy atom. The summed E-state index contributed by atoms with van der Waals surface area (Å²) in [6, 6.07) is 1.49. The van der Waals surface area contributed by atoms with Gasteiger partial charge in [0.25, 0.3) is 5.56 Å². The molecule has 7 nitrogen and oxygen atoms in total. The van der Waals surface area contributed by atoms with Crippen LogP contribution in [0.1, 0.15) is 50.9 Å². The molecule has 1 N–H and O–H groups in total. The molecule has 2 aliphatic heterocycles. The van der Waals surface area contributed by atoms with E-state index in [-0.39, 0.29) is 29.7 Å². The first-order valence-electron chi connectivity index (χ1n) is 9.20. The van der Waals surface area contributed by atoms with E-state index in [0.717, 1.165) is 43.7 Å². The minimum atomic E-state index is -0.234. The lowest BCUT2D eigenvalue weighted by Gasteiger charge is -2.32. The van der Waals surface area contributed by atoms with Crippen molar-refractivity contribution >= 4 is 5.91 Å². The lowest BCUT2D eigenvalue weighted by molar-refractivity contribution is -0.126. The van der Waals surface area contributed by atoms with Crippen molar-refractivity contribution in [1.82, 2.24) is 20.0 Å². The van der Waals surface area contributed by atoms with E-state index in [2.05, 4.69) is 15.3 Å². The molecule has 2 unspecified atom stereocenters. The summed E-state index contributed by atoms with van der Waals surface area (Å²) in [4.78, 5) is 26.7. The van der Waals surface area contributed by atoms with E-state index < -0.39 is 0 Å². The number of rotatable bonds is 5. The van der Waals surface area contributed by atoms with Gasteiger partial charge in [0.1, 0.15) is 0 Å². The molecule has 0 spiro atoms. The van der Waals surface area contributed by atoms with E-state index in [4.69, 9.17) is 4.74 Å². The van der Waals surface area contributed by atoms with Crippen LogP contribution in [0.5, 0.6) is 0 Å². The lowest BCUT2D eigenvalue weighted by atomic mass is 10.0. The van der Waals surface area contributed by atoms with Gasteiger partial charge < -0.3 is 10.1 Å². The summed E-state index contributed by atoms with van der Waals surface area (Å²) in [5.41, 5.74) is 1.83. The van der Waals surface area contributed by atoms with Crippen molar-refractivity contribution in [2.45, 2.75) is 64.8 Å². The zero-order valence-electron chi connectivity index (χ0n) is 15.3. The molecule has 7 heteroatoms. The molecule has 2 aliphatic rings. The summed E-state index contributed by atoms with van der Waals surface area (Å²) < 4.78 is 7.08. The molecule has 1 fully saturated rings. The lowest BCUT2D eigenvalue weighted by Crippen LogP contribution is -2.48. The standard InChI is InChI=1S/C18H28N4O3/c1-12(2)22-17(23)9-14-11-21(7-6-16(14)20-22)13(3)18(24)19-10-15-5-4-8-25-15/h9,12-13,15H,4-8,10-11H2,1-3H3,(H,19,24). The van der Waals surface area contributed by atoms with Gasteiger partial charge in [-0.05, 0) is 39.2 Å². The van der Waals surface area contributed by atoms with Crippen LogP contribution in [0.3, 0.4) is 0 Å². The third kappa shape index (κ3) is 4.10. The maximum Gasteiger partial charge on any atom is 0.267 e. The number of amides is 1. The van der Waals surface area contributed by atoms with Crippen molar-refractivity contribution in [1.29, 1.82) is 0 Å². The highest BCUT2D eigenvalue weighted by atomic mass is 16.5. The zero-order valence-corrected chi connectivity index (χ0v) is 15.3. The quantitative estimate of drug-likeness (QED) is 0.854. The van der Waals surface area contributed by atoms with Crippen molar-refractivity contribution in [2.24, 2.45) is 0 Å². The highest BCUT2D eigenvalue weighted by Crippen LogP contribution is 2.18. The van der Waals surface area contributed by atoms with Crippen molar-refractivity contribution < 1.29 is 9.53 Å². The molecule has 0 bridgehead atoms. The summed E-state index contributed by atoms with van der Waals surface area (Å²) in [6.07, 6.45) is 2.99. The van der Waals surface area contributed by atoms with Crippen LogP contribution in [0.4, 0.5) is 0 Å². The molecule has 0 aliphatic carbocycles. The van der Waals surface area contributed by atoms with E-state index in [1.807, 2.05) is 20.8 Å². The Hall–Kier alpha value is -1.73. The van der Waals surface area contributed by atoms with Crippen LogP contribution in [0.15, 0.2) is 10.9 Å². The van der Waals surface area contributed by atoms with Crippen LogP contribution in [-0.4, -0.2) is 52.4 Å². The molecule has 138 valence electrons. The van der Waals surface area contributed by atoms with Gasteiger partial charge in [-0.1, -0.05) is 0 Å². The van der Waals surface area contributed by atoms with Gasteiger partial charge in [0.2, 0.25) is 5.91 Å². The number of nitrogens with zero attached hydrogens (tertiary/aromatic N) is 3. The van der Waals surface area contributed by atoms with Crippen LogP contribution >= 0.6 is 0 Å². The Balaban J connectivity index is 1.62. The number of carbonyl (C=O) groups is 1. The van der Waals surface area contributed by atoms with Crippen LogP contribution in [0.2, 0.25) is 0 Å². The number of fused-ring (bicyclic) bond motifs is 1. The molecular formula is C18H28N4O3. The van der Waals surface area contributed by atoms with E-state index >= 15 is 0 Å². The van der Waals surface area contributed by atoms with E-state index in [0.29, 0.717) is 13.1 Å². The molecule has 1 aromatic heterocycles. The average Bonchev–Trinajstić information content (AvgIpc) is 3.11. The minimum Gasteiger partial charge on any atom is -0.376 e. The summed E-state index contributed by atoms with van der Waals surface area (Å²) in [5, 5.41) is 7.49. The highest BCUT2D eigenvalue weighted by molar-refractivity contribution is 5.81. The monoisotopic (exact) mass is 348 g/mol. The smallest absolute Gasteiger partial charge is 0.267 e. The average molecular weight is 348 g/mol. The fourth-order valence-electron chi connectivity index (χ4n) is 3.47. The number of hydrogen-bond donors (Lipinski definition) is 1. The zero-order chi connectivity index (χ0) is 18.0. The predicted octanol–water partition coefficient (Wildman–Crippen LogP) is 0.866. The molecule has 2 atom stereocenters. The van der Waals surface area contributed by atoms with E-state index in [1.165, 1.54) is 4.68 Å². The second-order valence-corrected chi connectivity index (χ2v) is 7.27. The molecule has 3 heterocycles. The summed E-state index contributed by atoms with van der Waals surface area (Å²) in [7, 11) is 0. The van der Waals surface area contributed by atoms with Gasteiger partial charge in [-0.15, -0.1) is 0 Å². The van der Waals surface area contributed by atoms with Crippen molar-refractivity contribution in [3.63, 3.8) is 0 Å². The number of nitrogens with one attached hydrogen (secondary N) is 1. The summed E-state index contributed by atoms with van der Waals surface area (Å²) >= 11 is 0. The number of carbonyl (C=O) groups excluding carboxylic acids is 1. The van der Waals surface area contributed by atoms with E-state index in [9.17, 15) is 9.59 Å². The highest BCUT2D eigenvalue weighted by Gasteiger charge is 2.27. The maximum absolute atomic E-state index is 12.4. The van der Waals surface area contributed by atoms with E-state index in [1.54, 1.807) is 6.07 Å². The first-order chi connectivity index (χ1) is 12.0. The van der Waals surface area contributed by atoms with Crippen LogP contribution in [-0.2, 0) is 22.5 Å². The molecule has 0 radical (unpaired) electrons. The fourth-order valence-corrected chi connectivity index (χ4v) is 3.47. The molecule has 1 amide bonds. The van der Waals surface area contributed by atoms with Gasteiger partial charge in [-0.25, -0.2) is 4.68 Å². The van der Waals surface area contributed by atoms with Gasteiger partial charge in [0.05, 0.1) is 23.9 Å². The number of ether oxygens (including phenoxy) is 1. The largest absolute Gasteiger partial charge is 0.376 e. The molecule has 3 rings (SSSR count). The molecular weight excluding hydrogens is 320 g/mol. The van der Waals surface area contributed by atoms with Crippen LogP contribution < -0.4 is 10.9 Å². The third-order valence-electron chi connectivity index (χ3n) is 5.08. The van der Waals surface area contributed by atoms with Crippen LogP contribution in [0.25, 0.3) is 0 Å². The first kappa shape index (κ1) is 18.1. The van der Waals surface area contributed by atoms with Gasteiger partial charge in [0.15, 0.2) is 0 Å². The summed E-state index contributed by atoms with van der Waals surface area (Å²) in [5.74, 6) is 0.0161. The normalized spacial score (nSPS) is 22.0. The van der Waals surface area contributed by atoms with Crippen molar-refractivity contribution in [2.75, 3.05) is 19.7 Å². The second kappa shape index (κ2) is 7.66. The van der Waals surface area contributed by atoms with Gasteiger partial charge in [0, 0.05) is 38.7 Å². The fraction of sp³-hybridized carbons (Fsp3) is 0.722. The van der Waals surface area contributed by atoms with Crippen molar-refractivity contribution in [3.8, 4) is 0 Å². The van der Waals surface area contributed by atoms with Crippen LogP contribution in [0, 0.1) is 0 Å². The Labute approximate surface area is 148 Å². The third-order valence-corrected chi connectivity index (χ3v) is 5.08. The number of hydrogen-bond acceptors (Lipinski definition) is 5. The van der Waals surface area contributed by atoms with Gasteiger partial charge in [-0.2, -0.15) is 5.10 Å². The first-order valence-corrected chi connectivity index (χ1v) is 9.20. The Kier molecular flexibility index (Phi) is 5.54. The predicted molar refractivity (Wildman–Crippen MR) is 94.4 cm³/mol. The Morgan fingerprint density at radius 3 is 2.92 bits per heavy atom. The SMILES string of the molecule is CC(C(=O)NCC1CCCO1)N1CCc2nn(C(C)C)c(=O)cc2C1.